The fourth-order valence-electron chi connectivity index (χ4n) is 1.98. The molecule has 1 heterocycles. The Balaban J connectivity index is 1.91. The van der Waals surface area contributed by atoms with Gasteiger partial charge in [0.25, 0.3) is 5.91 Å². The molecule has 0 spiro atoms. The monoisotopic (exact) mass is 275 g/mol. The van der Waals surface area contributed by atoms with E-state index < -0.39 is 0 Å². The van der Waals surface area contributed by atoms with E-state index in [0.717, 1.165) is 25.1 Å². The molecule has 1 fully saturated rings. The van der Waals surface area contributed by atoms with Gasteiger partial charge in [-0.25, -0.2) is 4.79 Å². The minimum atomic E-state index is -0.0871. The van der Waals surface area contributed by atoms with E-state index in [4.69, 9.17) is 0 Å². The largest absolute Gasteiger partial charge is 0.350 e. The molecule has 0 radical (unpaired) electrons. The van der Waals surface area contributed by atoms with E-state index >= 15 is 0 Å². The molecule has 1 aromatic rings. The number of likely N-dealkylation sites (tertiary alicyclic amines) is 1. The number of hydrogen-bond acceptors (Lipinski definition) is 2. The van der Waals surface area contributed by atoms with Crippen LogP contribution in [0.15, 0.2) is 24.3 Å². The van der Waals surface area contributed by atoms with Gasteiger partial charge in [-0.2, -0.15) is 0 Å². The van der Waals surface area contributed by atoms with E-state index in [2.05, 4.69) is 10.6 Å². The maximum absolute atomic E-state index is 11.9. The molecule has 0 saturated carbocycles. The molecule has 0 aromatic heterocycles. The topological polar surface area (TPSA) is 61.4 Å². The average molecular weight is 275 g/mol. The van der Waals surface area contributed by atoms with Gasteiger partial charge in [0.15, 0.2) is 0 Å². The number of urea groups is 1. The van der Waals surface area contributed by atoms with Crippen LogP contribution in [0, 0.1) is 0 Å². The molecule has 1 aromatic carbocycles. The predicted octanol–water partition coefficient (Wildman–Crippen LogP) is 1.74. The van der Waals surface area contributed by atoms with Crippen molar-refractivity contribution in [3.05, 3.63) is 35.4 Å². The zero-order valence-electron chi connectivity index (χ0n) is 12.0. The van der Waals surface area contributed by atoms with E-state index in [0.29, 0.717) is 12.1 Å². The number of nitrogens with zero attached hydrogens (tertiary/aromatic N) is 1. The fraction of sp³-hybridized carbons (Fsp3) is 0.467. The van der Waals surface area contributed by atoms with Crippen molar-refractivity contribution in [1.82, 2.24) is 15.5 Å². The highest BCUT2D eigenvalue weighted by Gasteiger charge is 2.19. The Labute approximate surface area is 119 Å². The van der Waals surface area contributed by atoms with Gasteiger partial charge < -0.3 is 15.5 Å². The van der Waals surface area contributed by atoms with Crippen LogP contribution in [-0.4, -0.2) is 36.0 Å². The molecule has 1 aliphatic heterocycles. The second kappa shape index (κ2) is 6.41. The van der Waals surface area contributed by atoms with E-state index in [1.165, 1.54) is 0 Å². The van der Waals surface area contributed by atoms with Gasteiger partial charge in [-0.15, -0.1) is 0 Å². The van der Waals surface area contributed by atoms with Crippen LogP contribution in [0.1, 0.15) is 36.2 Å². The van der Waals surface area contributed by atoms with Crippen molar-refractivity contribution in [3.8, 4) is 0 Å². The normalized spacial score (nSPS) is 13.8. The number of hydrogen-bond donors (Lipinski definition) is 2. The van der Waals surface area contributed by atoms with E-state index in [-0.39, 0.29) is 18.0 Å². The summed E-state index contributed by atoms with van der Waals surface area (Å²) in [4.78, 5) is 25.4. The van der Waals surface area contributed by atoms with Crippen molar-refractivity contribution in [2.24, 2.45) is 0 Å². The maximum Gasteiger partial charge on any atom is 0.317 e. The Morgan fingerprint density at radius 3 is 2.65 bits per heavy atom. The standard InChI is InChI=1S/C15H21N3O2/c1-11(2)17-14(19)13-6-3-5-12(9-13)10-16-15(20)18-7-4-8-18/h3,5-6,9,11H,4,7-8,10H2,1-2H3,(H,16,20)(H,17,19). The molecule has 5 nitrogen and oxygen atoms in total. The molecule has 0 atom stereocenters. The molecule has 5 heteroatoms. The minimum Gasteiger partial charge on any atom is -0.350 e. The van der Waals surface area contributed by atoms with Crippen molar-refractivity contribution in [1.29, 1.82) is 0 Å². The maximum atomic E-state index is 11.9. The lowest BCUT2D eigenvalue weighted by atomic mass is 10.1. The number of carbonyl (C=O) groups excluding carboxylic acids is 2. The first kappa shape index (κ1) is 14.4. The molecule has 1 aliphatic rings. The first-order valence-electron chi connectivity index (χ1n) is 6.99. The van der Waals surface area contributed by atoms with Crippen LogP contribution >= 0.6 is 0 Å². The zero-order chi connectivity index (χ0) is 14.5. The molecule has 0 bridgehead atoms. The molecule has 20 heavy (non-hydrogen) atoms. The Morgan fingerprint density at radius 1 is 1.30 bits per heavy atom. The highest BCUT2D eigenvalue weighted by Crippen LogP contribution is 2.08. The minimum absolute atomic E-state index is 0.0340. The number of carbonyl (C=O) groups is 2. The van der Waals surface area contributed by atoms with Gasteiger partial charge in [-0.1, -0.05) is 12.1 Å². The lowest BCUT2D eigenvalue weighted by Crippen LogP contribution is -2.47. The third-order valence-electron chi connectivity index (χ3n) is 3.20. The lowest BCUT2D eigenvalue weighted by Gasteiger charge is -2.30. The quantitative estimate of drug-likeness (QED) is 0.879. The van der Waals surface area contributed by atoms with Crippen LogP contribution in [0.2, 0.25) is 0 Å². The number of nitrogens with one attached hydrogen (secondary N) is 2. The van der Waals surface area contributed by atoms with Crippen LogP contribution in [-0.2, 0) is 6.54 Å². The summed E-state index contributed by atoms with van der Waals surface area (Å²) < 4.78 is 0. The van der Waals surface area contributed by atoms with E-state index in [9.17, 15) is 9.59 Å². The molecule has 3 amide bonds. The molecular formula is C15H21N3O2. The average Bonchev–Trinajstić information content (AvgIpc) is 2.34. The summed E-state index contributed by atoms with van der Waals surface area (Å²) in [6.07, 6.45) is 1.08. The van der Waals surface area contributed by atoms with Crippen molar-refractivity contribution in [2.45, 2.75) is 32.9 Å². The smallest absolute Gasteiger partial charge is 0.317 e. The molecule has 1 saturated heterocycles. The highest BCUT2D eigenvalue weighted by atomic mass is 16.2. The highest BCUT2D eigenvalue weighted by molar-refractivity contribution is 5.94. The van der Waals surface area contributed by atoms with Gasteiger partial charge in [0.1, 0.15) is 0 Å². The van der Waals surface area contributed by atoms with Gasteiger partial charge in [-0.05, 0) is 38.0 Å². The summed E-state index contributed by atoms with van der Waals surface area (Å²) in [6, 6.07) is 7.40. The first-order chi connectivity index (χ1) is 9.56. The van der Waals surface area contributed by atoms with Crippen molar-refractivity contribution in [3.63, 3.8) is 0 Å². The summed E-state index contributed by atoms with van der Waals surface area (Å²) in [5.41, 5.74) is 1.55. The molecule has 2 N–H and O–H groups in total. The van der Waals surface area contributed by atoms with E-state index in [1.54, 1.807) is 11.0 Å². The zero-order valence-corrected chi connectivity index (χ0v) is 12.0. The lowest BCUT2D eigenvalue weighted by molar-refractivity contribution is 0.0943. The van der Waals surface area contributed by atoms with Crippen molar-refractivity contribution in [2.75, 3.05) is 13.1 Å². The van der Waals surface area contributed by atoms with Gasteiger partial charge in [-0.3, -0.25) is 4.79 Å². The Hall–Kier alpha value is -2.04. The summed E-state index contributed by atoms with van der Waals surface area (Å²) in [5, 5.41) is 5.72. The Morgan fingerprint density at radius 2 is 2.05 bits per heavy atom. The second-order valence-corrected chi connectivity index (χ2v) is 5.33. The Kier molecular flexibility index (Phi) is 4.61. The predicted molar refractivity (Wildman–Crippen MR) is 77.5 cm³/mol. The molecule has 0 unspecified atom stereocenters. The van der Waals surface area contributed by atoms with Gasteiger partial charge >= 0.3 is 6.03 Å². The summed E-state index contributed by atoms with van der Waals surface area (Å²) in [7, 11) is 0. The summed E-state index contributed by atoms with van der Waals surface area (Å²) >= 11 is 0. The molecule has 2 rings (SSSR count). The van der Waals surface area contributed by atoms with Crippen LogP contribution in [0.25, 0.3) is 0 Å². The van der Waals surface area contributed by atoms with Gasteiger partial charge in [0.2, 0.25) is 0 Å². The van der Waals surface area contributed by atoms with Crippen molar-refractivity contribution < 1.29 is 9.59 Å². The third-order valence-corrected chi connectivity index (χ3v) is 3.20. The number of benzene rings is 1. The SMILES string of the molecule is CC(C)NC(=O)c1cccc(CNC(=O)N2CCC2)c1. The second-order valence-electron chi connectivity index (χ2n) is 5.33. The summed E-state index contributed by atoms with van der Waals surface area (Å²) in [5.74, 6) is -0.0871. The van der Waals surface area contributed by atoms with Gasteiger partial charge in [0, 0.05) is 31.2 Å². The molecule has 0 aliphatic carbocycles. The summed E-state index contributed by atoms with van der Waals surface area (Å²) in [6.45, 7) is 5.97. The van der Waals surface area contributed by atoms with Crippen LogP contribution in [0.5, 0.6) is 0 Å². The molecular weight excluding hydrogens is 254 g/mol. The number of amides is 3. The van der Waals surface area contributed by atoms with Crippen LogP contribution in [0.3, 0.4) is 0 Å². The van der Waals surface area contributed by atoms with Crippen LogP contribution in [0.4, 0.5) is 4.79 Å². The van der Waals surface area contributed by atoms with E-state index in [1.807, 2.05) is 32.0 Å². The number of rotatable bonds is 4. The molecule has 108 valence electrons. The first-order valence-corrected chi connectivity index (χ1v) is 6.99. The van der Waals surface area contributed by atoms with Crippen molar-refractivity contribution >= 4 is 11.9 Å². The van der Waals surface area contributed by atoms with Crippen LogP contribution < -0.4 is 10.6 Å². The third kappa shape index (κ3) is 3.73. The Bertz CT molecular complexity index is 496. The fourth-order valence-corrected chi connectivity index (χ4v) is 1.98. The van der Waals surface area contributed by atoms with Gasteiger partial charge in [0.05, 0.1) is 0 Å².